The predicted octanol–water partition coefficient (Wildman–Crippen LogP) is 0.953. The zero-order valence-electron chi connectivity index (χ0n) is 10.3. The first-order chi connectivity index (χ1) is 7.08. The Morgan fingerprint density at radius 2 is 2.13 bits per heavy atom. The molecule has 0 radical (unpaired) electrons. The first-order valence-electron chi connectivity index (χ1n) is 6.09. The summed E-state index contributed by atoms with van der Waals surface area (Å²) in [5.74, 6) is 0.888. The number of rotatable bonds is 4. The van der Waals surface area contributed by atoms with Crippen LogP contribution in [-0.2, 0) is 4.74 Å². The standard InChI is InChI=1S/C12H24N2O/c1-12(2)6-10(12)7-13-8-11-9-14(3)4-5-15-11/h10-11,13H,4-9H2,1-3H3. The van der Waals surface area contributed by atoms with Gasteiger partial charge in [-0.1, -0.05) is 13.8 Å². The highest BCUT2D eigenvalue weighted by atomic mass is 16.5. The molecule has 1 heterocycles. The molecular weight excluding hydrogens is 188 g/mol. The van der Waals surface area contributed by atoms with Gasteiger partial charge in [0.05, 0.1) is 12.7 Å². The number of morpholine rings is 1. The molecule has 2 fully saturated rings. The molecule has 3 heteroatoms. The first-order valence-corrected chi connectivity index (χ1v) is 6.09. The summed E-state index contributed by atoms with van der Waals surface area (Å²) in [6, 6.07) is 0. The number of hydrogen-bond acceptors (Lipinski definition) is 3. The van der Waals surface area contributed by atoms with Crippen molar-refractivity contribution in [3.05, 3.63) is 0 Å². The third-order valence-electron chi connectivity index (χ3n) is 3.82. The number of nitrogens with one attached hydrogen (secondary N) is 1. The van der Waals surface area contributed by atoms with Crippen molar-refractivity contribution in [1.82, 2.24) is 10.2 Å². The van der Waals surface area contributed by atoms with Gasteiger partial charge in [-0.25, -0.2) is 0 Å². The van der Waals surface area contributed by atoms with Crippen LogP contribution in [0.15, 0.2) is 0 Å². The van der Waals surface area contributed by atoms with Crippen LogP contribution in [0.4, 0.5) is 0 Å². The fraction of sp³-hybridized carbons (Fsp3) is 1.00. The zero-order chi connectivity index (χ0) is 10.9. The van der Waals surface area contributed by atoms with Crippen molar-refractivity contribution >= 4 is 0 Å². The minimum atomic E-state index is 0.394. The van der Waals surface area contributed by atoms with Crippen LogP contribution in [-0.4, -0.2) is 50.8 Å². The predicted molar refractivity (Wildman–Crippen MR) is 62.0 cm³/mol. The maximum atomic E-state index is 5.70. The first kappa shape index (κ1) is 11.4. The molecule has 3 nitrogen and oxygen atoms in total. The van der Waals surface area contributed by atoms with Gasteiger partial charge in [-0.15, -0.1) is 0 Å². The minimum absolute atomic E-state index is 0.394. The molecule has 1 N–H and O–H groups in total. The Bertz CT molecular complexity index is 218. The lowest BCUT2D eigenvalue weighted by Gasteiger charge is -2.30. The fourth-order valence-electron chi connectivity index (χ4n) is 2.33. The van der Waals surface area contributed by atoms with E-state index in [1.807, 2.05) is 0 Å². The molecule has 0 aromatic heterocycles. The van der Waals surface area contributed by atoms with Gasteiger partial charge >= 0.3 is 0 Å². The van der Waals surface area contributed by atoms with Crippen LogP contribution in [0.5, 0.6) is 0 Å². The van der Waals surface area contributed by atoms with Crippen molar-refractivity contribution in [1.29, 1.82) is 0 Å². The van der Waals surface area contributed by atoms with Crippen LogP contribution in [0.3, 0.4) is 0 Å². The number of hydrogen-bond donors (Lipinski definition) is 1. The second-order valence-corrected chi connectivity index (χ2v) is 5.80. The van der Waals surface area contributed by atoms with E-state index >= 15 is 0 Å². The van der Waals surface area contributed by atoms with Crippen molar-refractivity contribution in [2.45, 2.75) is 26.4 Å². The quantitative estimate of drug-likeness (QED) is 0.751. The fourth-order valence-corrected chi connectivity index (χ4v) is 2.33. The Morgan fingerprint density at radius 1 is 1.40 bits per heavy atom. The molecule has 1 aliphatic carbocycles. The second-order valence-electron chi connectivity index (χ2n) is 5.80. The molecule has 0 aromatic carbocycles. The zero-order valence-corrected chi connectivity index (χ0v) is 10.3. The molecule has 2 unspecified atom stereocenters. The average Bonchev–Trinajstić information content (AvgIpc) is 2.74. The molecule has 0 aromatic rings. The van der Waals surface area contributed by atoms with Crippen LogP contribution in [0.1, 0.15) is 20.3 Å². The van der Waals surface area contributed by atoms with Gasteiger partial charge < -0.3 is 15.0 Å². The SMILES string of the molecule is CN1CCOC(CNCC2CC2(C)C)C1. The van der Waals surface area contributed by atoms with Gasteiger partial charge in [-0.3, -0.25) is 0 Å². The molecule has 1 saturated heterocycles. The summed E-state index contributed by atoms with van der Waals surface area (Å²) in [5, 5.41) is 3.54. The topological polar surface area (TPSA) is 24.5 Å². The smallest absolute Gasteiger partial charge is 0.0826 e. The average molecular weight is 212 g/mol. The number of ether oxygens (including phenoxy) is 1. The third kappa shape index (κ3) is 3.16. The van der Waals surface area contributed by atoms with Crippen molar-refractivity contribution in [2.75, 3.05) is 39.8 Å². The van der Waals surface area contributed by atoms with Gasteiger partial charge in [0.15, 0.2) is 0 Å². The Morgan fingerprint density at radius 3 is 2.73 bits per heavy atom. The summed E-state index contributed by atoms with van der Waals surface area (Å²) in [6.45, 7) is 9.91. The highest BCUT2D eigenvalue weighted by Crippen LogP contribution is 2.50. The van der Waals surface area contributed by atoms with Gasteiger partial charge in [0.2, 0.25) is 0 Å². The van der Waals surface area contributed by atoms with Crippen LogP contribution < -0.4 is 5.32 Å². The molecule has 0 spiro atoms. The van der Waals surface area contributed by atoms with Gasteiger partial charge in [0.25, 0.3) is 0 Å². The van der Waals surface area contributed by atoms with Crippen molar-refractivity contribution in [3.63, 3.8) is 0 Å². The molecule has 0 amide bonds. The Balaban J connectivity index is 1.58. The summed E-state index contributed by atoms with van der Waals surface area (Å²) in [5.41, 5.74) is 0.594. The molecular formula is C12H24N2O. The van der Waals surface area contributed by atoms with E-state index in [2.05, 4.69) is 31.1 Å². The molecule has 2 aliphatic rings. The normalized spacial score (nSPS) is 35.4. The number of likely N-dealkylation sites (N-methyl/N-ethyl adjacent to an activating group) is 1. The minimum Gasteiger partial charge on any atom is -0.374 e. The van der Waals surface area contributed by atoms with Gasteiger partial charge in [0.1, 0.15) is 0 Å². The summed E-state index contributed by atoms with van der Waals surface area (Å²) < 4.78 is 5.70. The van der Waals surface area contributed by atoms with Gasteiger partial charge in [0, 0.05) is 19.6 Å². The van der Waals surface area contributed by atoms with E-state index < -0.39 is 0 Å². The second kappa shape index (κ2) is 4.40. The molecule has 88 valence electrons. The monoisotopic (exact) mass is 212 g/mol. The lowest BCUT2D eigenvalue weighted by atomic mass is 10.1. The largest absolute Gasteiger partial charge is 0.374 e. The van der Waals surface area contributed by atoms with Crippen LogP contribution in [0.2, 0.25) is 0 Å². The van der Waals surface area contributed by atoms with E-state index in [-0.39, 0.29) is 0 Å². The van der Waals surface area contributed by atoms with Crippen LogP contribution in [0, 0.1) is 11.3 Å². The highest BCUT2D eigenvalue weighted by Gasteiger charge is 2.44. The lowest BCUT2D eigenvalue weighted by molar-refractivity contribution is -0.0181. The Labute approximate surface area is 93.2 Å². The van der Waals surface area contributed by atoms with E-state index in [4.69, 9.17) is 4.74 Å². The van der Waals surface area contributed by atoms with Crippen molar-refractivity contribution < 1.29 is 4.74 Å². The van der Waals surface area contributed by atoms with E-state index in [0.717, 1.165) is 38.7 Å². The summed E-state index contributed by atoms with van der Waals surface area (Å²) in [6.07, 6.45) is 1.77. The van der Waals surface area contributed by atoms with E-state index in [9.17, 15) is 0 Å². The Kier molecular flexibility index (Phi) is 3.33. The summed E-state index contributed by atoms with van der Waals surface area (Å²) in [7, 11) is 2.17. The summed E-state index contributed by atoms with van der Waals surface area (Å²) in [4.78, 5) is 2.34. The molecule has 1 aliphatic heterocycles. The van der Waals surface area contributed by atoms with Crippen molar-refractivity contribution in [3.8, 4) is 0 Å². The van der Waals surface area contributed by atoms with E-state index in [1.54, 1.807) is 0 Å². The number of nitrogens with zero attached hydrogens (tertiary/aromatic N) is 1. The molecule has 2 atom stereocenters. The van der Waals surface area contributed by atoms with E-state index in [1.165, 1.54) is 6.42 Å². The molecule has 0 bridgehead atoms. The Hall–Kier alpha value is -0.120. The van der Waals surface area contributed by atoms with Gasteiger partial charge in [-0.05, 0) is 31.3 Å². The third-order valence-corrected chi connectivity index (χ3v) is 3.82. The van der Waals surface area contributed by atoms with Crippen LogP contribution >= 0.6 is 0 Å². The van der Waals surface area contributed by atoms with Crippen LogP contribution in [0.25, 0.3) is 0 Å². The maximum Gasteiger partial charge on any atom is 0.0826 e. The van der Waals surface area contributed by atoms with Gasteiger partial charge in [-0.2, -0.15) is 0 Å². The molecule has 15 heavy (non-hydrogen) atoms. The van der Waals surface area contributed by atoms with E-state index in [0.29, 0.717) is 11.5 Å². The summed E-state index contributed by atoms with van der Waals surface area (Å²) >= 11 is 0. The maximum absolute atomic E-state index is 5.70. The molecule has 2 rings (SSSR count). The molecule has 1 saturated carbocycles. The highest BCUT2D eigenvalue weighted by molar-refractivity contribution is 4.96. The van der Waals surface area contributed by atoms with Crippen molar-refractivity contribution in [2.24, 2.45) is 11.3 Å². The lowest BCUT2D eigenvalue weighted by Crippen LogP contribution is -2.45.